The molecule has 416 valence electrons. The average Bonchev–Trinajstić information content (AvgIpc) is 3.40. The zero-order chi connectivity index (χ0) is 53.6. The van der Waals surface area contributed by atoms with Crippen LogP contribution in [0.25, 0.3) is 0 Å². The molecule has 0 spiro atoms. The van der Waals surface area contributed by atoms with Gasteiger partial charge in [-0.2, -0.15) is 0 Å². The highest BCUT2D eigenvalue weighted by molar-refractivity contribution is 5.72. The van der Waals surface area contributed by atoms with Crippen LogP contribution in [0, 0.1) is 0 Å². The molecule has 0 saturated heterocycles. The number of allylic oxidation sites excluding steroid dienone is 23. The van der Waals surface area contributed by atoms with E-state index < -0.39 is 12.1 Å². The molecule has 0 radical (unpaired) electrons. The van der Waals surface area contributed by atoms with Gasteiger partial charge in [-0.05, 0) is 122 Å². The third kappa shape index (κ3) is 58.2. The molecular weight excluding hydrogens is 913 g/mol. The molecule has 0 heterocycles. The number of esters is 3. The summed E-state index contributed by atoms with van der Waals surface area (Å²) in [6.45, 7) is 6.28. The summed E-state index contributed by atoms with van der Waals surface area (Å²) in [5.41, 5.74) is 0. The molecule has 0 bridgehead atoms. The van der Waals surface area contributed by atoms with E-state index in [2.05, 4.69) is 154 Å². The Bertz CT molecular complexity index is 1640. The first kappa shape index (κ1) is 69.3. The van der Waals surface area contributed by atoms with Crippen LogP contribution in [0.4, 0.5) is 0 Å². The maximum absolute atomic E-state index is 12.8. The Morgan fingerprint density at radius 2 is 0.568 bits per heavy atom. The van der Waals surface area contributed by atoms with Gasteiger partial charge >= 0.3 is 17.9 Å². The number of unbranched alkanes of at least 4 members (excludes halogenated alkanes) is 18. The van der Waals surface area contributed by atoms with E-state index in [1.165, 1.54) is 77.0 Å². The number of carbonyl (C=O) groups is 3. The number of hydrogen-bond acceptors (Lipinski definition) is 6. The molecule has 0 aromatic heterocycles. The van der Waals surface area contributed by atoms with Crippen molar-refractivity contribution in [1.82, 2.24) is 0 Å². The first-order valence-electron chi connectivity index (χ1n) is 29.8. The van der Waals surface area contributed by atoms with E-state index in [0.29, 0.717) is 19.3 Å². The molecule has 0 fully saturated rings. The summed E-state index contributed by atoms with van der Waals surface area (Å²) < 4.78 is 16.7. The summed E-state index contributed by atoms with van der Waals surface area (Å²) in [4.78, 5) is 38.1. The van der Waals surface area contributed by atoms with Crippen LogP contribution in [0.5, 0.6) is 0 Å². The molecule has 1 atom stereocenters. The van der Waals surface area contributed by atoms with Gasteiger partial charge in [-0.15, -0.1) is 0 Å². The van der Waals surface area contributed by atoms with Crippen LogP contribution in [-0.4, -0.2) is 37.2 Å². The highest BCUT2D eigenvalue weighted by Crippen LogP contribution is 2.14. The Hall–Kier alpha value is -4.71. The third-order valence-corrected chi connectivity index (χ3v) is 12.1. The van der Waals surface area contributed by atoms with E-state index in [9.17, 15) is 14.4 Å². The number of ether oxygens (including phenoxy) is 3. The Morgan fingerprint density at radius 1 is 0.297 bits per heavy atom. The van der Waals surface area contributed by atoms with Crippen LogP contribution in [0.2, 0.25) is 0 Å². The van der Waals surface area contributed by atoms with Crippen molar-refractivity contribution in [3.63, 3.8) is 0 Å². The van der Waals surface area contributed by atoms with E-state index in [1.807, 2.05) is 6.08 Å². The molecule has 0 aromatic rings. The van der Waals surface area contributed by atoms with Crippen molar-refractivity contribution < 1.29 is 28.6 Å². The van der Waals surface area contributed by atoms with Crippen molar-refractivity contribution >= 4 is 17.9 Å². The molecule has 6 nitrogen and oxygen atoms in total. The van der Waals surface area contributed by atoms with Gasteiger partial charge in [-0.3, -0.25) is 14.4 Å². The van der Waals surface area contributed by atoms with Gasteiger partial charge in [0.2, 0.25) is 0 Å². The lowest BCUT2D eigenvalue weighted by Gasteiger charge is -2.18. The molecule has 1 unspecified atom stereocenters. The molecule has 0 N–H and O–H groups in total. The SMILES string of the molecule is CC/C=C\C/C=C\C/C=C\C/C=C\C/C=C\C/C=C\CCCCCCCCCCCCC(=O)OCC(COC(=O)CCCCCCC/C=C\CCCCC)OC(=O)C/C=C\C/C=C\C/C=C\C/C=C\C/C=C\CC. The first-order chi connectivity index (χ1) is 36.5. The Kier molecular flexibility index (Phi) is 57.0. The predicted molar refractivity (Wildman–Crippen MR) is 320 cm³/mol. The molecule has 0 aliphatic heterocycles. The molecule has 0 aliphatic rings. The van der Waals surface area contributed by atoms with Crippen molar-refractivity contribution in [2.24, 2.45) is 0 Å². The fourth-order valence-corrected chi connectivity index (χ4v) is 7.69. The summed E-state index contributed by atoms with van der Waals surface area (Å²) in [5, 5.41) is 0. The van der Waals surface area contributed by atoms with E-state index in [0.717, 1.165) is 122 Å². The van der Waals surface area contributed by atoms with E-state index in [1.54, 1.807) is 6.08 Å². The summed E-state index contributed by atoms with van der Waals surface area (Å²) in [6, 6.07) is 0. The van der Waals surface area contributed by atoms with Gasteiger partial charge in [0.05, 0.1) is 6.42 Å². The lowest BCUT2D eigenvalue weighted by atomic mass is 10.1. The number of hydrogen-bond donors (Lipinski definition) is 0. The van der Waals surface area contributed by atoms with Crippen LogP contribution in [0.1, 0.15) is 245 Å². The van der Waals surface area contributed by atoms with Crippen molar-refractivity contribution in [2.75, 3.05) is 13.2 Å². The molecule has 0 rings (SSSR count). The number of carbonyl (C=O) groups excluding carboxylic acids is 3. The van der Waals surface area contributed by atoms with E-state index >= 15 is 0 Å². The largest absolute Gasteiger partial charge is 0.462 e. The van der Waals surface area contributed by atoms with Gasteiger partial charge in [0, 0.05) is 12.8 Å². The normalized spacial score (nSPS) is 13.2. The minimum atomic E-state index is -0.843. The molecule has 0 amide bonds. The minimum absolute atomic E-state index is 0.0889. The fraction of sp³-hybridized carbons (Fsp3) is 0.603. The Morgan fingerprint density at radius 3 is 0.905 bits per heavy atom. The predicted octanol–water partition coefficient (Wildman–Crippen LogP) is 20.4. The van der Waals surface area contributed by atoms with Gasteiger partial charge in [0.1, 0.15) is 13.2 Å². The second kappa shape index (κ2) is 60.8. The molecule has 0 saturated carbocycles. The molecule has 74 heavy (non-hydrogen) atoms. The zero-order valence-corrected chi connectivity index (χ0v) is 47.5. The van der Waals surface area contributed by atoms with Gasteiger partial charge in [-0.25, -0.2) is 0 Å². The van der Waals surface area contributed by atoms with E-state index in [-0.39, 0.29) is 31.6 Å². The van der Waals surface area contributed by atoms with Crippen LogP contribution in [-0.2, 0) is 28.6 Å². The quantitative estimate of drug-likeness (QED) is 0.0261. The van der Waals surface area contributed by atoms with Crippen molar-refractivity contribution in [2.45, 2.75) is 252 Å². The highest BCUT2D eigenvalue weighted by atomic mass is 16.6. The van der Waals surface area contributed by atoms with Crippen LogP contribution >= 0.6 is 0 Å². The first-order valence-corrected chi connectivity index (χ1v) is 29.8. The van der Waals surface area contributed by atoms with Gasteiger partial charge in [0.25, 0.3) is 0 Å². The average molecular weight is 1020 g/mol. The Balaban J connectivity index is 4.36. The zero-order valence-electron chi connectivity index (χ0n) is 47.5. The topological polar surface area (TPSA) is 78.9 Å². The Labute approximate surface area is 455 Å². The van der Waals surface area contributed by atoms with Gasteiger partial charge in [0.15, 0.2) is 6.10 Å². The van der Waals surface area contributed by atoms with Crippen molar-refractivity contribution in [3.8, 4) is 0 Å². The smallest absolute Gasteiger partial charge is 0.310 e. The lowest BCUT2D eigenvalue weighted by molar-refractivity contribution is -0.166. The van der Waals surface area contributed by atoms with E-state index in [4.69, 9.17) is 14.2 Å². The highest BCUT2D eigenvalue weighted by Gasteiger charge is 2.19. The second-order valence-corrected chi connectivity index (χ2v) is 19.2. The van der Waals surface area contributed by atoms with Crippen LogP contribution in [0.15, 0.2) is 146 Å². The molecular formula is C68H108O6. The van der Waals surface area contributed by atoms with Crippen molar-refractivity contribution in [3.05, 3.63) is 146 Å². The van der Waals surface area contributed by atoms with Crippen LogP contribution in [0.3, 0.4) is 0 Å². The minimum Gasteiger partial charge on any atom is -0.462 e. The second-order valence-electron chi connectivity index (χ2n) is 19.2. The van der Waals surface area contributed by atoms with Crippen molar-refractivity contribution in [1.29, 1.82) is 0 Å². The lowest BCUT2D eigenvalue weighted by Crippen LogP contribution is -2.30. The monoisotopic (exact) mass is 1020 g/mol. The molecule has 0 aliphatic carbocycles. The summed E-state index contributed by atoms with van der Waals surface area (Å²) in [6.07, 6.45) is 87.3. The summed E-state index contributed by atoms with van der Waals surface area (Å²) in [7, 11) is 0. The molecule has 6 heteroatoms. The maximum Gasteiger partial charge on any atom is 0.310 e. The molecule has 0 aromatic carbocycles. The summed E-state index contributed by atoms with van der Waals surface area (Å²) >= 11 is 0. The summed E-state index contributed by atoms with van der Waals surface area (Å²) in [5.74, 6) is -1.08. The van der Waals surface area contributed by atoms with Crippen LogP contribution < -0.4 is 0 Å². The van der Waals surface area contributed by atoms with Gasteiger partial charge in [-0.1, -0.05) is 250 Å². The third-order valence-electron chi connectivity index (χ3n) is 12.1. The maximum atomic E-state index is 12.8. The fourth-order valence-electron chi connectivity index (χ4n) is 7.69. The standard InChI is InChI=1S/C68H108O6/c1-4-7-10-13-16-19-22-25-27-28-29-30-31-32-33-34-35-36-37-38-39-40-42-43-46-49-52-55-58-61-67(70)73-64-65(63-72-66(69)60-57-54-51-48-45-24-21-18-15-12-9-6-3)74-68(71)62-59-56-53-50-47-44-41-26-23-20-17-14-11-8-5-2/h7-8,10-11,16-21,25-27,29-30,32-33,35-36,41,47,50,56,59,65H,4-6,9,12-15,22-24,28,31,34,37-40,42-46,48-49,51-55,57-58,60-64H2,1-3H3/b10-7-,11-8-,19-16-,20-17-,21-18-,27-25-,30-29-,33-32-,36-35-,41-26-,50-47-,59-56-. The van der Waals surface area contributed by atoms with Gasteiger partial charge < -0.3 is 14.2 Å². The number of rotatable bonds is 52.